The third kappa shape index (κ3) is 3.97. The maximum Gasteiger partial charge on any atom is 0.349 e. The van der Waals surface area contributed by atoms with Crippen molar-refractivity contribution in [2.24, 2.45) is 0 Å². The number of hydrogen-bond acceptors (Lipinski definition) is 7. The van der Waals surface area contributed by atoms with Gasteiger partial charge in [0.25, 0.3) is 5.91 Å². The fourth-order valence-electron chi connectivity index (χ4n) is 2.57. The van der Waals surface area contributed by atoms with Crippen LogP contribution in [0.25, 0.3) is 21.6 Å². The standard InChI is InChI=1S/C19H14FN5O3S/c1-10(18(26)25-17-15-16(22-8-21-15)23-9-24-17)28-19(27)14-7-6-13(29-14)11-2-4-12(20)5-3-11/h2-10H,1H3,(H2,21,22,23,24,25,26). The smallest absolute Gasteiger partial charge is 0.349 e. The van der Waals surface area contributed by atoms with E-state index in [1.54, 1.807) is 24.3 Å². The molecule has 1 aromatic carbocycles. The number of H-pyrrole nitrogens is 1. The molecule has 146 valence electrons. The molecule has 1 amide bonds. The van der Waals surface area contributed by atoms with Gasteiger partial charge < -0.3 is 15.0 Å². The first-order valence-corrected chi connectivity index (χ1v) is 9.34. The van der Waals surface area contributed by atoms with Crippen molar-refractivity contribution in [3.05, 3.63) is 59.7 Å². The second-order valence-corrected chi connectivity index (χ2v) is 7.11. The number of aromatic nitrogens is 4. The molecule has 0 spiro atoms. The number of carbonyl (C=O) groups is 2. The van der Waals surface area contributed by atoms with Gasteiger partial charge >= 0.3 is 5.97 Å². The second-order valence-electron chi connectivity index (χ2n) is 6.03. The summed E-state index contributed by atoms with van der Waals surface area (Å²) in [6.07, 6.45) is 1.67. The topological polar surface area (TPSA) is 110 Å². The third-order valence-electron chi connectivity index (χ3n) is 4.05. The Morgan fingerprint density at radius 1 is 1.14 bits per heavy atom. The van der Waals surface area contributed by atoms with E-state index in [4.69, 9.17) is 4.74 Å². The van der Waals surface area contributed by atoms with Gasteiger partial charge in [-0.25, -0.2) is 24.1 Å². The minimum Gasteiger partial charge on any atom is -0.448 e. The number of fused-ring (bicyclic) bond motifs is 1. The highest BCUT2D eigenvalue weighted by atomic mass is 32.1. The number of amides is 1. The van der Waals surface area contributed by atoms with Crippen molar-refractivity contribution in [1.29, 1.82) is 0 Å². The molecule has 0 aliphatic rings. The van der Waals surface area contributed by atoms with E-state index in [2.05, 4.69) is 25.3 Å². The van der Waals surface area contributed by atoms with Crippen molar-refractivity contribution in [2.45, 2.75) is 13.0 Å². The fraction of sp³-hybridized carbons (Fsp3) is 0.105. The highest BCUT2D eigenvalue weighted by molar-refractivity contribution is 7.17. The number of benzene rings is 1. The molecule has 0 aliphatic carbocycles. The zero-order valence-electron chi connectivity index (χ0n) is 15.0. The number of nitrogens with one attached hydrogen (secondary N) is 2. The Balaban J connectivity index is 1.42. The first-order valence-electron chi connectivity index (χ1n) is 8.53. The van der Waals surface area contributed by atoms with Crippen molar-refractivity contribution in [2.75, 3.05) is 5.32 Å². The average Bonchev–Trinajstić information content (AvgIpc) is 3.38. The second kappa shape index (κ2) is 7.76. The summed E-state index contributed by atoms with van der Waals surface area (Å²) < 4.78 is 18.3. The highest BCUT2D eigenvalue weighted by Gasteiger charge is 2.22. The summed E-state index contributed by atoms with van der Waals surface area (Å²) in [5.74, 6) is -1.25. The van der Waals surface area contributed by atoms with Gasteiger partial charge in [-0.05, 0) is 36.8 Å². The van der Waals surface area contributed by atoms with Crippen LogP contribution in [0, 0.1) is 5.82 Å². The maximum atomic E-state index is 13.1. The van der Waals surface area contributed by atoms with E-state index in [1.165, 1.54) is 43.0 Å². The van der Waals surface area contributed by atoms with Crippen LogP contribution in [0.2, 0.25) is 0 Å². The van der Waals surface area contributed by atoms with Gasteiger partial charge in [0.05, 0.1) is 6.33 Å². The minimum atomic E-state index is -1.05. The van der Waals surface area contributed by atoms with Gasteiger partial charge in [0.1, 0.15) is 22.5 Å². The van der Waals surface area contributed by atoms with Crippen molar-refractivity contribution in [3.63, 3.8) is 0 Å². The molecule has 0 bridgehead atoms. The fourth-order valence-corrected chi connectivity index (χ4v) is 3.46. The number of halogens is 1. The van der Waals surface area contributed by atoms with Crippen LogP contribution in [0.5, 0.6) is 0 Å². The molecule has 1 unspecified atom stereocenters. The highest BCUT2D eigenvalue weighted by Crippen LogP contribution is 2.29. The number of rotatable bonds is 5. The Morgan fingerprint density at radius 3 is 2.72 bits per heavy atom. The number of aromatic amines is 1. The van der Waals surface area contributed by atoms with Gasteiger partial charge in [0, 0.05) is 4.88 Å². The van der Waals surface area contributed by atoms with E-state index >= 15 is 0 Å². The summed E-state index contributed by atoms with van der Waals surface area (Å²) in [5, 5.41) is 2.59. The quantitative estimate of drug-likeness (QED) is 0.487. The molecule has 3 heterocycles. The summed E-state index contributed by atoms with van der Waals surface area (Å²) in [6, 6.07) is 9.31. The summed E-state index contributed by atoms with van der Waals surface area (Å²) in [7, 11) is 0. The normalized spacial score (nSPS) is 11.9. The number of carbonyl (C=O) groups excluding carboxylic acids is 2. The Hall–Kier alpha value is -3.66. The van der Waals surface area contributed by atoms with Crippen molar-refractivity contribution < 1.29 is 18.7 Å². The monoisotopic (exact) mass is 411 g/mol. The van der Waals surface area contributed by atoms with Gasteiger partial charge in [0.15, 0.2) is 17.6 Å². The first-order chi connectivity index (χ1) is 14.0. The SMILES string of the molecule is CC(OC(=O)c1ccc(-c2ccc(F)cc2)s1)C(=O)Nc1ncnc2nc[nH]c12. The first kappa shape index (κ1) is 18.7. The average molecular weight is 411 g/mol. The summed E-state index contributed by atoms with van der Waals surface area (Å²) >= 11 is 1.20. The molecule has 1 atom stereocenters. The number of ether oxygens (including phenoxy) is 1. The predicted octanol–water partition coefficient (Wildman–Crippen LogP) is 3.40. The molecule has 0 radical (unpaired) electrons. The van der Waals surface area contributed by atoms with Crippen LogP contribution in [0.3, 0.4) is 0 Å². The largest absolute Gasteiger partial charge is 0.448 e. The molecule has 3 aromatic heterocycles. The number of thiophene rings is 1. The van der Waals surface area contributed by atoms with Crippen LogP contribution in [0.1, 0.15) is 16.6 Å². The van der Waals surface area contributed by atoms with Crippen LogP contribution in [-0.4, -0.2) is 37.9 Å². The molecule has 2 N–H and O–H groups in total. The van der Waals surface area contributed by atoms with E-state index in [0.29, 0.717) is 16.0 Å². The molecule has 4 aromatic rings. The molecule has 0 saturated heterocycles. The molecule has 0 aliphatic heterocycles. The lowest BCUT2D eigenvalue weighted by molar-refractivity contribution is -0.123. The molecule has 10 heteroatoms. The summed E-state index contributed by atoms with van der Waals surface area (Å²) in [6.45, 7) is 1.47. The molecule has 0 fully saturated rings. The van der Waals surface area contributed by atoms with Crippen molar-refractivity contribution >= 4 is 40.2 Å². The molecular weight excluding hydrogens is 397 g/mol. The maximum absolute atomic E-state index is 13.1. The predicted molar refractivity (Wildman–Crippen MR) is 105 cm³/mol. The van der Waals surface area contributed by atoms with Crippen LogP contribution in [0.4, 0.5) is 10.2 Å². The van der Waals surface area contributed by atoms with Gasteiger partial charge in [-0.15, -0.1) is 11.3 Å². The number of anilines is 1. The Bertz CT molecular complexity index is 1190. The van der Waals surface area contributed by atoms with E-state index in [1.807, 2.05) is 0 Å². The van der Waals surface area contributed by atoms with Crippen LogP contribution < -0.4 is 5.32 Å². The van der Waals surface area contributed by atoms with Crippen LogP contribution in [-0.2, 0) is 9.53 Å². The zero-order valence-corrected chi connectivity index (χ0v) is 15.9. The Kier molecular flexibility index (Phi) is 5.00. The van der Waals surface area contributed by atoms with Crippen molar-refractivity contribution in [1.82, 2.24) is 19.9 Å². The van der Waals surface area contributed by atoms with Gasteiger partial charge in [-0.3, -0.25) is 4.79 Å². The van der Waals surface area contributed by atoms with Gasteiger partial charge in [-0.1, -0.05) is 12.1 Å². The lowest BCUT2D eigenvalue weighted by Crippen LogP contribution is -2.30. The molecular formula is C19H14FN5O3S. The van der Waals surface area contributed by atoms with E-state index in [9.17, 15) is 14.0 Å². The number of imidazole rings is 1. The zero-order chi connectivity index (χ0) is 20.4. The van der Waals surface area contributed by atoms with E-state index < -0.39 is 18.0 Å². The van der Waals surface area contributed by atoms with Gasteiger partial charge in [0.2, 0.25) is 0 Å². The van der Waals surface area contributed by atoms with Gasteiger partial charge in [-0.2, -0.15) is 0 Å². The number of esters is 1. The van der Waals surface area contributed by atoms with Crippen molar-refractivity contribution in [3.8, 4) is 10.4 Å². The van der Waals surface area contributed by atoms with E-state index in [-0.39, 0.29) is 11.6 Å². The van der Waals surface area contributed by atoms with E-state index in [0.717, 1.165) is 10.4 Å². The minimum absolute atomic E-state index is 0.245. The summed E-state index contributed by atoms with van der Waals surface area (Å²) in [4.78, 5) is 40.7. The third-order valence-corrected chi connectivity index (χ3v) is 5.17. The number of nitrogens with zero attached hydrogens (tertiary/aromatic N) is 3. The molecule has 29 heavy (non-hydrogen) atoms. The molecule has 0 saturated carbocycles. The number of hydrogen-bond donors (Lipinski definition) is 2. The van der Waals surface area contributed by atoms with Crippen LogP contribution in [0.15, 0.2) is 49.1 Å². The molecule has 8 nitrogen and oxygen atoms in total. The lowest BCUT2D eigenvalue weighted by Gasteiger charge is -2.12. The molecule has 4 rings (SSSR count). The Labute approximate surface area is 167 Å². The van der Waals surface area contributed by atoms with Crippen LogP contribution >= 0.6 is 11.3 Å². The summed E-state index contributed by atoms with van der Waals surface area (Å²) in [5.41, 5.74) is 1.67. The Morgan fingerprint density at radius 2 is 1.93 bits per heavy atom. The lowest BCUT2D eigenvalue weighted by atomic mass is 10.2.